The fourth-order valence-corrected chi connectivity index (χ4v) is 3.21. The molecule has 0 unspecified atom stereocenters. The molecule has 0 spiro atoms. The van der Waals surface area contributed by atoms with Crippen LogP contribution in [-0.2, 0) is 6.54 Å². The smallest absolute Gasteiger partial charge is 0.128 e. The van der Waals surface area contributed by atoms with Crippen LogP contribution >= 0.6 is 0 Å². The second-order valence-corrected chi connectivity index (χ2v) is 7.20. The molecular formula is C25H27FN2. The lowest BCUT2D eigenvalue weighted by molar-refractivity contribution is 0.608. The first-order chi connectivity index (χ1) is 13.5. The summed E-state index contributed by atoms with van der Waals surface area (Å²) < 4.78 is 14.8. The van der Waals surface area contributed by atoms with Crippen LogP contribution in [0, 0.1) is 5.82 Å². The van der Waals surface area contributed by atoms with Gasteiger partial charge in [0, 0.05) is 44.6 Å². The van der Waals surface area contributed by atoms with E-state index in [1.165, 1.54) is 0 Å². The molecule has 0 amide bonds. The number of allylic oxidation sites excluding steroid dienone is 1. The van der Waals surface area contributed by atoms with Gasteiger partial charge in [0.1, 0.15) is 5.82 Å². The van der Waals surface area contributed by atoms with E-state index in [9.17, 15) is 4.39 Å². The van der Waals surface area contributed by atoms with Gasteiger partial charge in [-0.1, -0.05) is 48.6 Å². The predicted octanol–water partition coefficient (Wildman–Crippen LogP) is 6.23. The molecule has 0 bridgehead atoms. The van der Waals surface area contributed by atoms with Crippen LogP contribution in [-0.4, -0.2) is 21.1 Å². The van der Waals surface area contributed by atoms with E-state index in [0.29, 0.717) is 12.1 Å². The highest BCUT2D eigenvalue weighted by Crippen LogP contribution is 2.26. The van der Waals surface area contributed by atoms with Gasteiger partial charge in [0.25, 0.3) is 0 Å². The number of rotatable bonds is 6. The van der Waals surface area contributed by atoms with Gasteiger partial charge < -0.3 is 9.80 Å². The standard InChI is InChI=1S/C25H27FN2/c1-5-7-19-8-6-9-24(16-19)28(4)18-22-11-10-21(17-25(22)26)20-12-14-23(15-13-20)27(2)3/h5-17H,18H2,1-4H3/b7-5+. The average Bonchev–Trinajstić information content (AvgIpc) is 2.70. The summed E-state index contributed by atoms with van der Waals surface area (Å²) in [5.74, 6) is -0.175. The SMILES string of the molecule is C/C=C/c1cccc(N(C)Cc2ccc(-c3ccc(N(C)C)cc3)cc2F)c1. The maximum atomic E-state index is 14.8. The Morgan fingerprint density at radius 1 is 0.821 bits per heavy atom. The second-order valence-electron chi connectivity index (χ2n) is 7.20. The largest absolute Gasteiger partial charge is 0.378 e. The molecule has 0 atom stereocenters. The van der Waals surface area contributed by atoms with E-state index in [0.717, 1.165) is 28.1 Å². The van der Waals surface area contributed by atoms with Gasteiger partial charge in [-0.25, -0.2) is 4.39 Å². The molecule has 0 radical (unpaired) electrons. The van der Waals surface area contributed by atoms with Crippen LogP contribution in [0.3, 0.4) is 0 Å². The van der Waals surface area contributed by atoms with Crippen molar-refractivity contribution in [2.45, 2.75) is 13.5 Å². The van der Waals surface area contributed by atoms with Gasteiger partial charge in [-0.3, -0.25) is 0 Å². The van der Waals surface area contributed by atoms with Crippen molar-refractivity contribution in [1.29, 1.82) is 0 Å². The summed E-state index contributed by atoms with van der Waals surface area (Å²) in [5.41, 5.74) is 5.94. The van der Waals surface area contributed by atoms with Crippen molar-refractivity contribution in [3.05, 3.63) is 89.8 Å². The molecule has 3 aromatic carbocycles. The van der Waals surface area contributed by atoms with Crippen molar-refractivity contribution in [3.8, 4) is 11.1 Å². The van der Waals surface area contributed by atoms with Gasteiger partial charge in [0.2, 0.25) is 0 Å². The number of anilines is 2. The predicted molar refractivity (Wildman–Crippen MR) is 119 cm³/mol. The molecule has 144 valence electrons. The number of hydrogen-bond donors (Lipinski definition) is 0. The lowest BCUT2D eigenvalue weighted by Crippen LogP contribution is -2.17. The molecule has 0 saturated carbocycles. The highest BCUT2D eigenvalue weighted by molar-refractivity contribution is 5.67. The maximum absolute atomic E-state index is 14.8. The molecule has 0 aromatic heterocycles. The summed E-state index contributed by atoms with van der Waals surface area (Å²) in [6.45, 7) is 2.52. The van der Waals surface area contributed by atoms with Gasteiger partial charge in [-0.2, -0.15) is 0 Å². The zero-order valence-corrected chi connectivity index (χ0v) is 17.0. The second kappa shape index (κ2) is 8.75. The summed E-state index contributed by atoms with van der Waals surface area (Å²) in [6, 6.07) is 21.9. The Morgan fingerprint density at radius 3 is 2.18 bits per heavy atom. The molecule has 0 aliphatic carbocycles. The molecule has 3 rings (SSSR count). The fraction of sp³-hybridized carbons (Fsp3) is 0.200. The van der Waals surface area contributed by atoms with E-state index in [1.54, 1.807) is 6.07 Å². The van der Waals surface area contributed by atoms with Crippen molar-refractivity contribution in [1.82, 2.24) is 0 Å². The average molecular weight is 375 g/mol. The van der Waals surface area contributed by atoms with E-state index in [2.05, 4.69) is 28.0 Å². The molecule has 3 aromatic rings. The Labute approximate surface area is 167 Å². The van der Waals surface area contributed by atoms with Gasteiger partial charge >= 0.3 is 0 Å². The number of halogens is 1. The molecule has 0 aliphatic rings. The first-order valence-electron chi connectivity index (χ1n) is 9.48. The van der Waals surface area contributed by atoms with E-state index < -0.39 is 0 Å². The highest BCUT2D eigenvalue weighted by atomic mass is 19.1. The summed E-state index contributed by atoms with van der Waals surface area (Å²) in [5, 5.41) is 0. The molecule has 2 nitrogen and oxygen atoms in total. The van der Waals surface area contributed by atoms with Crippen LogP contribution in [0.15, 0.2) is 72.8 Å². The third-order valence-corrected chi connectivity index (χ3v) is 4.85. The number of benzene rings is 3. The van der Waals surface area contributed by atoms with E-state index in [-0.39, 0.29) is 5.82 Å². The summed E-state index contributed by atoms with van der Waals surface area (Å²) >= 11 is 0. The Kier molecular flexibility index (Phi) is 6.15. The summed E-state index contributed by atoms with van der Waals surface area (Å²) in [7, 11) is 6.00. The number of hydrogen-bond acceptors (Lipinski definition) is 2. The Morgan fingerprint density at radius 2 is 1.54 bits per heavy atom. The molecular weight excluding hydrogens is 347 g/mol. The van der Waals surface area contributed by atoms with Gasteiger partial charge in [-0.15, -0.1) is 0 Å². The van der Waals surface area contributed by atoms with Crippen LogP contribution in [0.5, 0.6) is 0 Å². The maximum Gasteiger partial charge on any atom is 0.128 e. The van der Waals surface area contributed by atoms with Crippen molar-refractivity contribution < 1.29 is 4.39 Å². The minimum Gasteiger partial charge on any atom is -0.378 e. The third kappa shape index (κ3) is 4.61. The fourth-order valence-electron chi connectivity index (χ4n) is 3.21. The van der Waals surface area contributed by atoms with Gasteiger partial charge in [0.15, 0.2) is 0 Å². The molecule has 0 fully saturated rings. The summed E-state index contributed by atoms with van der Waals surface area (Å²) in [4.78, 5) is 4.12. The van der Waals surface area contributed by atoms with Crippen LogP contribution < -0.4 is 9.80 Å². The molecule has 0 aliphatic heterocycles. The van der Waals surface area contributed by atoms with Crippen LogP contribution in [0.2, 0.25) is 0 Å². The van der Waals surface area contributed by atoms with Crippen LogP contribution in [0.4, 0.5) is 15.8 Å². The molecule has 0 heterocycles. The quantitative estimate of drug-likeness (QED) is 0.505. The van der Waals surface area contributed by atoms with Gasteiger partial charge in [0.05, 0.1) is 0 Å². The Balaban J connectivity index is 1.78. The van der Waals surface area contributed by atoms with Crippen molar-refractivity contribution >= 4 is 17.5 Å². The minimum absolute atomic E-state index is 0.175. The van der Waals surface area contributed by atoms with E-state index in [1.807, 2.05) is 82.7 Å². The first kappa shape index (κ1) is 19.7. The summed E-state index contributed by atoms with van der Waals surface area (Å²) in [6.07, 6.45) is 4.08. The normalized spacial score (nSPS) is 11.0. The van der Waals surface area contributed by atoms with Crippen molar-refractivity contribution in [3.63, 3.8) is 0 Å². The van der Waals surface area contributed by atoms with Crippen LogP contribution in [0.1, 0.15) is 18.1 Å². The monoisotopic (exact) mass is 374 g/mol. The molecule has 0 N–H and O–H groups in total. The van der Waals surface area contributed by atoms with Gasteiger partial charge in [-0.05, 0) is 53.9 Å². The Bertz CT molecular complexity index is 959. The first-order valence-corrected chi connectivity index (χ1v) is 9.48. The third-order valence-electron chi connectivity index (χ3n) is 4.85. The Hall–Kier alpha value is -3.07. The molecule has 0 saturated heterocycles. The molecule has 3 heteroatoms. The highest BCUT2D eigenvalue weighted by Gasteiger charge is 2.09. The lowest BCUT2D eigenvalue weighted by atomic mass is 10.0. The minimum atomic E-state index is -0.175. The van der Waals surface area contributed by atoms with Crippen LogP contribution in [0.25, 0.3) is 17.2 Å². The lowest BCUT2D eigenvalue weighted by Gasteiger charge is -2.20. The van der Waals surface area contributed by atoms with E-state index in [4.69, 9.17) is 0 Å². The topological polar surface area (TPSA) is 6.48 Å². The van der Waals surface area contributed by atoms with Crippen molar-refractivity contribution in [2.24, 2.45) is 0 Å². The zero-order chi connectivity index (χ0) is 20.1. The molecule has 28 heavy (non-hydrogen) atoms. The van der Waals surface area contributed by atoms with Crippen molar-refractivity contribution in [2.75, 3.05) is 30.9 Å². The number of nitrogens with zero attached hydrogens (tertiary/aromatic N) is 2. The zero-order valence-electron chi connectivity index (χ0n) is 17.0. The van der Waals surface area contributed by atoms with E-state index >= 15 is 0 Å².